The number of aromatic hydroxyl groups is 1. The Kier molecular flexibility index (Phi) is 1.86. The summed E-state index contributed by atoms with van der Waals surface area (Å²) in [6, 6.07) is 0. The van der Waals surface area contributed by atoms with Gasteiger partial charge in [0.25, 0.3) is 0 Å². The molecular weight excluding hydrogens is 154 g/mol. The highest BCUT2D eigenvalue weighted by atomic mass is 32.1. The maximum absolute atomic E-state index is 10.6. The Labute approximate surface area is 61.1 Å². The minimum Gasteiger partial charge on any atom is -0.498 e. The van der Waals surface area contributed by atoms with Gasteiger partial charge in [0.15, 0.2) is 5.06 Å². The lowest BCUT2D eigenvalue weighted by molar-refractivity contribution is 0.0600. The summed E-state index contributed by atoms with van der Waals surface area (Å²) in [5, 5.41) is 8.93. The number of nitrogens with zero attached hydrogens (tertiary/aromatic N) is 1. The zero-order valence-electron chi connectivity index (χ0n) is 5.20. The van der Waals surface area contributed by atoms with Crippen LogP contribution in [0.25, 0.3) is 0 Å². The molecule has 1 N–H and O–H groups in total. The standard InChI is InChI=1S/C5H5NO3S/c1-9-5(8)4-6-2-3(7)10-4/h2,7H,1H3. The third kappa shape index (κ3) is 1.24. The molecule has 0 aliphatic heterocycles. The van der Waals surface area contributed by atoms with Crippen LogP contribution in [-0.4, -0.2) is 23.2 Å². The molecule has 0 spiro atoms. The molecule has 0 bridgehead atoms. The molecule has 0 unspecified atom stereocenters. The zero-order valence-corrected chi connectivity index (χ0v) is 6.01. The fourth-order valence-electron chi connectivity index (χ4n) is 0.447. The monoisotopic (exact) mass is 159 g/mol. The van der Waals surface area contributed by atoms with Gasteiger partial charge in [-0.15, -0.1) is 0 Å². The Balaban J connectivity index is 2.85. The van der Waals surface area contributed by atoms with E-state index in [1.807, 2.05) is 0 Å². The molecule has 0 atom stereocenters. The second-order valence-corrected chi connectivity index (χ2v) is 2.50. The fraction of sp³-hybridized carbons (Fsp3) is 0.200. The molecule has 0 saturated carbocycles. The molecular formula is C5H5NO3S. The summed E-state index contributed by atoms with van der Waals surface area (Å²) in [4.78, 5) is 14.2. The first-order valence-corrected chi connectivity index (χ1v) is 3.29. The van der Waals surface area contributed by atoms with Crippen molar-refractivity contribution in [2.24, 2.45) is 0 Å². The van der Waals surface area contributed by atoms with Gasteiger partial charge in [-0.2, -0.15) is 0 Å². The van der Waals surface area contributed by atoms with E-state index in [1.54, 1.807) is 0 Å². The molecule has 0 aliphatic rings. The van der Waals surface area contributed by atoms with E-state index in [1.165, 1.54) is 13.3 Å². The van der Waals surface area contributed by atoms with Crippen molar-refractivity contribution in [1.29, 1.82) is 0 Å². The predicted octanol–water partition coefficient (Wildman–Crippen LogP) is 0.635. The molecule has 0 amide bonds. The van der Waals surface area contributed by atoms with Gasteiger partial charge in [0.05, 0.1) is 13.3 Å². The first kappa shape index (κ1) is 7.01. The molecule has 10 heavy (non-hydrogen) atoms. The predicted molar refractivity (Wildman–Crippen MR) is 35.1 cm³/mol. The highest BCUT2D eigenvalue weighted by molar-refractivity contribution is 7.15. The molecule has 0 aromatic carbocycles. The molecule has 1 rings (SSSR count). The van der Waals surface area contributed by atoms with Crippen LogP contribution in [0.2, 0.25) is 0 Å². The molecule has 0 radical (unpaired) electrons. The van der Waals surface area contributed by atoms with E-state index in [0.717, 1.165) is 11.3 Å². The van der Waals surface area contributed by atoms with Crippen molar-refractivity contribution in [1.82, 2.24) is 4.98 Å². The van der Waals surface area contributed by atoms with Crippen molar-refractivity contribution < 1.29 is 14.6 Å². The molecule has 0 saturated heterocycles. The van der Waals surface area contributed by atoms with Crippen molar-refractivity contribution in [3.05, 3.63) is 11.2 Å². The number of ether oxygens (including phenoxy) is 1. The minimum atomic E-state index is -0.523. The summed E-state index contributed by atoms with van der Waals surface area (Å²) < 4.78 is 4.35. The average molecular weight is 159 g/mol. The van der Waals surface area contributed by atoms with Crippen molar-refractivity contribution in [3.8, 4) is 5.06 Å². The van der Waals surface area contributed by atoms with E-state index in [0.29, 0.717) is 0 Å². The van der Waals surface area contributed by atoms with Crippen LogP contribution in [0.1, 0.15) is 9.80 Å². The van der Waals surface area contributed by atoms with Crippen LogP contribution in [0.15, 0.2) is 6.20 Å². The smallest absolute Gasteiger partial charge is 0.367 e. The highest BCUT2D eigenvalue weighted by Crippen LogP contribution is 2.19. The third-order valence-corrected chi connectivity index (χ3v) is 1.63. The summed E-state index contributed by atoms with van der Waals surface area (Å²) in [5.74, 6) is -0.523. The lowest BCUT2D eigenvalue weighted by Gasteiger charge is -1.88. The number of aromatic nitrogens is 1. The molecule has 5 heteroatoms. The first-order chi connectivity index (χ1) is 4.74. The molecule has 0 aliphatic carbocycles. The summed E-state index contributed by atoms with van der Waals surface area (Å²) >= 11 is 0.890. The number of carbonyl (C=O) groups is 1. The Bertz CT molecular complexity index is 245. The molecule has 1 aromatic heterocycles. The van der Waals surface area contributed by atoms with Crippen LogP contribution < -0.4 is 0 Å². The first-order valence-electron chi connectivity index (χ1n) is 2.47. The van der Waals surface area contributed by atoms with E-state index >= 15 is 0 Å². The van der Waals surface area contributed by atoms with E-state index in [4.69, 9.17) is 5.11 Å². The molecule has 1 heterocycles. The number of thiazole rings is 1. The van der Waals surface area contributed by atoms with Crippen molar-refractivity contribution in [2.75, 3.05) is 7.11 Å². The van der Waals surface area contributed by atoms with Gasteiger partial charge >= 0.3 is 5.97 Å². The summed E-state index contributed by atoms with van der Waals surface area (Å²) in [6.45, 7) is 0. The minimum absolute atomic E-state index is 0.0143. The van der Waals surface area contributed by atoms with Crippen LogP contribution in [0, 0.1) is 0 Å². The third-order valence-electron chi connectivity index (χ3n) is 0.854. The number of esters is 1. The van der Waals surface area contributed by atoms with Crippen LogP contribution in [0.3, 0.4) is 0 Å². The number of rotatable bonds is 1. The molecule has 4 nitrogen and oxygen atoms in total. The quantitative estimate of drug-likeness (QED) is 0.611. The largest absolute Gasteiger partial charge is 0.498 e. The lowest BCUT2D eigenvalue weighted by Crippen LogP contribution is -1.98. The molecule has 54 valence electrons. The van der Waals surface area contributed by atoms with Crippen LogP contribution in [0.5, 0.6) is 5.06 Å². The fourth-order valence-corrected chi connectivity index (χ4v) is 1.02. The van der Waals surface area contributed by atoms with Gasteiger partial charge in [-0.05, 0) is 0 Å². The molecule has 0 fully saturated rings. The summed E-state index contributed by atoms with van der Waals surface area (Å²) in [5.41, 5.74) is 0. The second kappa shape index (κ2) is 2.66. The van der Waals surface area contributed by atoms with E-state index in [9.17, 15) is 4.79 Å². The van der Waals surface area contributed by atoms with E-state index < -0.39 is 5.97 Å². The van der Waals surface area contributed by atoms with Gasteiger partial charge in [-0.1, -0.05) is 11.3 Å². The van der Waals surface area contributed by atoms with Crippen molar-refractivity contribution >= 4 is 17.3 Å². The normalized spacial score (nSPS) is 9.30. The Hall–Kier alpha value is -1.10. The van der Waals surface area contributed by atoms with Crippen LogP contribution in [-0.2, 0) is 4.74 Å². The van der Waals surface area contributed by atoms with Crippen molar-refractivity contribution in [2.45, 2.75) is 0 Å². The lowest BCUT2D eigenvalue weighted by atomic mass is 10.7. The van der Waals surface area contributed by atoms with E-state index in [2.05, 4.69) is 9.72 Å². The highest BCUT2D eigenvalue weighted by Gasteiger charge is 2.09. The van der Waals surface area contributed by atoms with Gasteiger partial charge in [-0.3, -0.25) is 0 Å². The van der Waals surface area contributed by atoms with Gasteiger partial charge in [0, 0.05) is 0 Å². The Morgan fingerprint density at radius 2 is 2.60 bits per heavy atom. The SMILES string of the molecule is COC(=O)c1ncc(O)s1. The Morgan fingerprint density at radius 3 is 3.00 bits per heavy atom. The zero-order chi connectivity index (χ0) is 7.56. The average Bonchev–Trinajstić information content (AvgIpc) is 2.34. The molecule has 1 aromatic rings. The van der Waals surface area contributed by atoms with Gasteiger partial charge < -0.3 is 9.84 Å². The van der Waals surface area contributed by atoms with Gasteiger partial charge in [0.2, 0.25) is 5.01 Å². The maximum atomic E-state index is 10.6. The van der Waals surface area contributed by atoms with E-state index in [-0.39, 0.29) is 10.1 Å². The number of hydrogen-bond acceptors (Lipinski definition) is 5. The second-order valence-electron chi connectivity index (χ2n) is 1.50. The van der Waals surface area contributed by atoms with Crippen molar-refractivity contribution in [3.63, 3.8) is 0 Å². The van der Waals surface area contributed by atoms with Gasteiger partial charge in [-0.25, -0.2) is 9.78 Å². The maximum Gasteiger partial charge on any atom is 0.367 e. The summed E-state index contributed by atoms with van der Waals surface area (Å²) in [7, 11) is 1.26. The Morgan fingerprint density at radius 1 is 1.90 bits per heavy atom. The topological polar surface area (TPSA) is 59.4 Å². The van der Waals surface area contributed by atoms with Gasteiger partial charge in [0.1, 0.15) is 0 Å². The van der Waals surface area contributed by atoms with Crippen LogP contribution >= 0.6 is 11.3 Å². The van der Waals surface area contributed by atoms with Crippen LogP contribution in [0.4, 0.5) is 0 Å². The summed E-state index contributed by atoms with van der Waals surface area (Å²) in [6.07, 6.45) is 1.21. The number of carbonyl (C=O) groups excluding carboxylic acids is 1. The number of hydrogen-bond donors (Lipinski definition) is 1. The number of methoxy groups -OCH3 is 1.